The van der Waals surface area contributed by atoms with Crippen molar-refractivity contribution in [2.75, 3.05) is 17.7 Å². The van der Waals surface area contributed by atoms with E-state index < -0.39 is 6.03 Å². The lowest BCUT2D eigenvalue weighted by Gasteiger charge is -2.13. The molecule has 0 aliphatic carbocycles. The number of aromatic nitrogens is 1. The molecule has 6 nitrogen and oxygen atoms in total. The van der Waals surface area contributed by atoms with Gasteiger partial charge in [0.1, 0.15) is 11.3 Å². The molecule has 0 saturated carbocycles. The standard InChI is InChI=1S/C22H18ClN3O3/c1-13-7-9-15(23)12-17(13)25-22(27)26-18-11-14(8-10-19(18)28-2)21-24-16-5-3-4-6-20(16)29-21/h3-12H,1-2H3,(H2,25,26,27). The van der Waals surface area contributed by atoms with Crippen LogP contribution in [-0.2, 0) is 0 Å². The molecule has 4 rings (SSSR count). The molecule has 7 heteroatoms. The number of methoxy groups -OCH3 is 1. The molecule has 1 heterocycles. The van der Waals surface area contributed by atoms with Crippen molar-refractivity contribution in [2.45, 2.75) is 6.92 Å². The predicted octanol–water partition coefficient (Wildman–Crippen LogP) is 6.11. The third kappa shape index (κ3) is 4.02. The smallest absolute Gasteiger partial charge is 0.323 e. The topological polar surface area (TPSA) is 76.4 Å². The number of oxazole rings is 1. The first-order valence-corrected chi connectivity index (χ1v) is 9.29. The van der Waals surface area contributed by atoms with Crippen molar-refractivity contribution in [3.63, 3.8) is 0 Å². The largest absolute Gasteiger partial charge is 0.495 e. The van der Waals surface area contributed by atoms with Crippen LogP contribution in [0.15, 0.2) is 65.1 Å². The fraction of sp³-hybridized carbons (Fsp3) is 0.0909. The Hall–Kier alpha value is -3.51. The molecule has 4 aromatic rings. The summed E-state index contributed by atoms with van der Waals surface area (Å²) in [6.07, 6.45) is 0. The van der Waals surface area contributed by atoms with Gasteiger partial charge >= 0.3 is 6.03 Å². The highest BCUT2D eigenvalue weighted by Crippen LogP contribution is 2.32. The summed E-state index contributed by atoms with van der Waals surface area (Å²) in [6, 6.07) is 17.8. The Bertz CT molecular complexity index is 1170. The van der Waals surface area contributed by atoms with Gasteiger partial charge in [0.15, 0.2) is 5.58 Å². The summed E-state index contributed by atoms with van der Waals surface area (Å²) >= 11 is 6.02. The second-order valence-corrected chi connectivity index (χ2v) is 6.88. The van der Waals surface area contributed by atoms with Crippen LogP contribution in [0.4, 0.5) is 16.2 Å². The average Bonchev–Trinajstić information content (AvgIpc) is 3.15. The molecule has 2 N–H and O–H groups in total. The van der Waals surface area contributed by atoms with Gasteiger partial charge in [0.25, 0.3) is 0 Å². The number of aryl methyl sites for hydroxylation is 1. The molecule has 0 radical (unpaired) electrons. The molecule has 3 aromatic carbocycles. The van der Waals surface area contributed by atoms with E-state index in [1.807, 2.05) is 43.3 Å². The molecule has 0 aliphatic heterocycles. The molecular formula is C22H18ClN3O3. The maximum Gasteiger partial charge on any atom is 0.323 e. The van der Waals surface area contributed by atoms with Crippen LogP contribution in [0.25, 0.3) is 22.6 Å². The van der Waals surface area contributed by atoms with E-state index in [0.717, 1.165) is 16.6 Å². The van der Waals surface area contributed by atoms with Crippen LogP contribution in [0.3, 0.4) is 0 Å². The molecule has 0 aliphatic rings. The highest BCUT2D eigenvalue weighted by Gasteiger charge is 2.14. The van der Waals surface area contributed by atoms with Crippen molar-refractivity contribution < 1.29 is 13.9 Å². The lowest BCUT2D eigenvalue weighted by atomic mass is 10.2. The maximum absolute atomic E-state index is 12.5. The van der Waals surface area contributed by atoms with E-state index in [1.54, 1.807) is 31.4 Å². The van der Waals surface area contributed by atoms with E-state index in [4.69, 9.17) is 20.8 Å². The molecule has 1 aromatic heterocycles. The van der Waals surface area contributed by atoms with E-state index in [0.29, 0.717) is 33.6 Å². The van der Waals surface area contributed by atoms with Crippen LogP contribution in [-0.4, -0.2) is 18.1 Å². The van der Waals surface area contributed by atoms with E-state index >= 15 is 0 Å². The van der Waals surface area contributed by atoms with Crippen molar-refractivity contribution >= 4 is 40.1 Å². The number of rotatable bonds is 4. The highest BCUT2D eigenvalue weighted by molar-refractivity contribution is 6.31. The third-order valence-electron chi connectivity index (χ3n) is 4.44. The summed E-state index contributed by atoms with van der Waals surface area (Å²) in [5.41, 5.74) is 4.20. The lowest BCUT2D eigenvalue weighted by molar-refractivity contribution is 0.262. The summed E-state index contributed by atoms with van der Waals surface area (Å²) in [5.74, 6) is 0.978. The minimum Gasteiger partial charge on any atom is -0.495 e. The van der Waals surface area contributed by atoms with Crippen molar-refractivity contribution in [3.8, 4) is 17.2 Å². The van der Waals surface area contributed by atoms with Crippen LogP contribution in [0.1, 0.15) is 5.56 Å². The Morgan fingerprint density at radius 3 is 2.62 bits per heavy atom. The van der Waals surface area contributed by atoms with Crippen molar-refractivity contribution in [1.29, 1.82) is 0 Å². The summed E-state index contributed by atoms with van der Waals surface area (Å²) < 4.78 is 11.2. The Labute approximate surface area is 172 Å². The molecule has 0 bridgehead atoms. The number of halogens is 1. The van der Waals surface area contributed by atoms with Crippen LogP contribution in [0.5, 0.6) is 5.75 Å². The van der Waals surface area contributed by atoms with Gasteiger partial charge < -0.3 is 19.8 Å². The number of benzene rings is 3. The first-order valence-electron chi connectivity index (χ1n) is 8.91. The fourth-order valence-corrected chi connectivity index (χ4v) is 3.11. The van der Waals surface area contributed by atoms with Crippen molar-refractivity contribution in [1.82, 2.24) is 4.98 Å². The molecular weight excluding hydrogens is 390 g/mol. The maximum atomic E-state index is 12.5. The van der Waals surface area contributed by atoms with Crippen LogP contribution >= 0.6 is 11.6 Å². The second kappa shape index (κ2) is 7.85. The summed E-state index contributed by atoms with van der Waals surface area (Å²) in [4.78, 5) is 17.0. The first kappa shape index (κ1) is 18.8. The number of ether oxygens (including phenoxy) is 1. The van der Waals surface area contributed by atoms with Crippen molar-refractivity contribution in [2.24, 2.45) is 0 Å². The van der Waals surface area contributed by atoms with Gasteiger partial charge in [-0.25, -0.2) is 9.78 Å². The van der Waals surface area contributed by atoms with E-state index in [2.05, 4.69) is 15.6 Å². The molecule has 0 spiro atoms. The summed E-state index contributed by atoms with van der Waals surface area (Å²) in [6.45, 7) is 1.89. The van der Waals surface area contributed by atoms with Gasteiger partial charge in [-0.2, -0.15) is 0 Å². The Balaban J connectivity index is 1.61. The lowest BCUT2D eigenvalue weighted by Crippen LogP contribution is -2.20. The van der Waals surface area contributed by atoms with E-state index in [1.165, 1.54) is 0 Å². The number of nitrogens with zero attached hydrogens (tertiary/aromatic N) is 1. The number of para-hydroxylation sites is 2. The van der Waals surface area contributed by atoms with Crippen molar-refractivity contribution in [3.05, 3.63) is 71.2 Å². The van der Waals surface area contributed by atoms with Gasteiger partial charge in [-0.15, -0.1) is 0 Å². The predicted molar refractivity (Wildman–Crippen MR) is 115 cm³/mol. The Morgan fingerprint density at radius 1 is 1.03 bits per heavy atom. The van der Waals surface area contributed by atoms with Gasteiger partial charge in [0, 0.05) is 16.3 Å². The number of carbonyl (C=O) groups is 1. The van der Waals surface area contributed by atoms with Crippen LogP contribution in [0, 0.1) is 6.92 Å². The number of carbonyl (C=O) groups excluding carboxylic acids is 1. The monoisotopic (exact) mass is 407 g/mol. The minimum atomic E-state index is -0.414. The molecule has 146 valence electrons. The van der Waals surface area contributed by atoms with Gasteiger partial charge in [-0.3, -0.25) is 0 Å². The zero-order valence-corrected chi connectivity index (χ0v) is 16.6. The van der Waals surface area contributed by atoms with E-state index in [9.17, 15) is 4.79 Å². The number of nitrogens with one attached hydrogen (secondary N) is 2. The minimum absolute atomic E-state index is 0.414. The third-order valence-corrected chi connectivity index (χ3v) is 4.67. The molecule has 0 atom stereocenters. The number of urea groups is 1. The van der Waals surface area contributed by atoms with Crippen LogP contribution in [0.2, 0.25) is 5.02 Å². The van der Waals surface area contributed by atoms with Gasteiger partial charge in [0.2, 0.25) is 5.89 Å². The quantitative estimate of drug-likeness (QED) is 0.428. The molecule has 0 unspecified atom stereocenters. The molecule has 29 heavy (non-hydrogen) atoms. The zero-order chi connectivity index (χ0) is 20.4. The van der Waals surface area contributed by atoms with Gasteiger partial charge in [0.05, 0.1) is 12.8 Å². The van der Waals surface area contributed by atoms with Gasteiger partial charge in [-0.1, -0.05) is 29.8 Å². The van der Waals surface area contributed by atoms with Gasteiger partial charge in [-0.05, 0) is 55.0 Å². The zero-order valence-electron chi connectivity index (χ0n) is 15.8. The number of fused-ring (bicyclic) bond motifs is 1. The molecule has 0 saturated heterocycles. The molecule has 0 fully saturated rings. The summed E-state index contributed by atoms with van der Waals surface area (Å²) in [7, 11) is 1.54. The Morgan fingerprint density at radius 2 is 1.83 bits per heavy atom. The number of amides is 2. The molecule has 2 amide bonds. The summed E-state index contributed by atoms with van der Waals surface area (Å²) in [5, 5.41) is 6.16. The Kier molecular flexibility index (Phi) is 5.10. The van der Waals surface area contributed by atoms with E-state index in [-0.39, 0.29) is 0 Å². The number of hydrogen-bond donors (Lipinski definition) is 2. The highest BCUT2D eigenvalue weighted by atomic mass is 35.5. The SMILES string of the molecule is COc1ccc(-c2nc3ccccc3o2)cc1NC(=O)Nc1cc(Cl)ccc1C. The first-order chi connectivity index (χ1) is 14.0. The second-order valence-electron chi connectivity index (χ2n) is 6.44. The number of anilines is 2. The normalized spacial score (nSPS) is 10.7. The number of hydrogen-bond acceptors (Lipinski definition) is 4. The van der Waals surface area contributed by atoms with Crippen LogP contribution < -0.4 is 15.4 Å². The average molecular weight is 408 g/mol. The fourth-order valence-electron chi connectivity index (χ4n) is 2.94.